The van der Waals surface area contributed by atoms with E-state index >= 15 is 0 Å². The predicted octanol–water partition coefficient (Wildman–Crippen LogP) is 3.40. The highest BCUT2D eigenvalue weighted by Gasteiger charge is 2.11. The van der Waals surface area contributed by atoms with Crippen molar-refractivity contribution in [1.82, 2.24) is 0 Å². The number of methoxy groups -OCH3 is 1. The molecule has 0 amide bonds. The van der Waals surface area contributed by atoms with E-state index < -0.39 is 6.10 Å². The molecule has 2 aromatic carbocycles. The zero-order chi connectivity index (χ0) is 14.5. The summed E-state index contributed by atoms with van der Waals surface area (Å²) in [5, 5.41) is 10.3. The molecule has 1 atom stereocenters. The van der Waals surface area contributed by atoms with Gasteiger partial charge in [0.2, 0.25) is 0 Å². The number of aryl methyl sites for hydroxylation is 1. The summed E-state index contributed by atoms with van der Waals surface area (Å²) in [4.78, 5) is 0. The fraction of sp³-hybridized carbons (Fsp3) is 0.294. The second-order valence-electron chi connectivity index (χ2n) is 4.95. The molecule has 0 aliphatic rings. The minimum atomic E-state index is -0.805. The van der Waals surface area contributed by atoms with Crippen molar-refractivity contribution in [2.24, 2.45) is 0 Å². The van der Waals surface area contributed by atoms with E-state index in [1.54, 1.807) is 13.2 Å². The van der Waals surface area contributed by atoms with Crippen molar-refractivity contribution in [2.75, 3.05) is 13.7 Å². The molecule has 1 N–H and O–H groups in total. The summed E-state index contributed by atoms with van der Waals surface area (Å²) in [7, 11) is 1.67. The lowest BCUT2D eigenvalue weighted by Gasteiger charge is -2.13. The molecule has 0 heterocycles. The number of benzene rings is 2. The first-order valence-corrected chi connectivity index (χ1v) is 6.63. The van der Waals surface area contributed by atoms with Gasteiger partial charge in [0.15, 0.2) is 0 Å². The molecule has 0 aromatic heterocycles. The Morgan fingerprint density at radius 1 is 1.10 bits per heavy atom. The lowest BCUT2D eigenvalue weighted by atomic mass is 9.98. The van der Waals surface area contributed by atoms with Crippen LogP contribution in [0.3, 0.4) is 0 Å². The summed E-state index contributed by atoms with van der Waals surface area (Å²) in [5.41, 5.74) is 3.29. The van der Waals surface area contributed by atoms with Crippen LogP contribution in [0.15, 0.2) is 42.5 Å². The number of aliphatic hydroxyl groups excluding tert-OH is 1. The van der Waals surface area contributed by atoms with Crippen molar-refractivity contribution in [3.05, 3.63) is 70.5 Å². The first-order chi connectivity index (χ1) is 9.60. The number of aliphatic hydroxyl groups is 1. The molecule has 2 rings (SSSR count). The van der Waals surface area contributed by atoms with Crippen molar-refractivity contribution in [2.45, 2.75) is 19.4 Å². The molecule has 0 saturated carbocycles. The number of hydrogen-bond donors (Lipinski definition) is 1. The van der Waals surface area contributed by atoms with Crippen molar-refractivity contribution >= 4 is 0 Å². The van der Waals surface area contributed by atoms with Crippen molar-refractivity contribution in [1.29, 1.82) is 0 Å². The van der Waals surface area contributed by atoms with E-state index in [1.807, 2.05) is 31.2 Å². The molecule has 0 radical (unpaired) electrons. The lowest BCUT2D eigenvalue weighted by Crippen LogP contribution is -2.02. The third-order valence-electron chi connectivity index (χ3n) is 3.27. The van der Waals surface area contributed by atoms with Gasteiger partial charge in [-0.05, 0) is 47.7 Å². The Kier molecular flexibility index (Phi) is 4.88. The van der Waals surface area contributed by atoms with E-state index in [1.165, 1.54) is 12.1 Å². The third kappa shape index (κ3) is 3.65. The van der Waals surface area contributed by atoms with Gasteiger partial charge in [-0.1, -0.05) is 30.3 Å². The predicted molar refractivity (Wildman–Crippen MR) is 77.2 cm³/mol. The van der Waals surface area contributed by atoms with Gasteiger partial charge < -0.3 is 9.84 Å². The van der Waals surface area contributed by atoms with Gasteiger partial charge in [-0.15, -0.1) is 0 Å². The topological polar surface area (TPSA) is 29.5 Å². The maximum absolute atomic E-state index is 13.4. The Bertz CT molecular complexity index is 543. The van der Waals surface area contributed by atoms with Crippen molar-refractivity contribution in [3.8, 4) is 0 Å². The standard InChI is InChI=1S/C17H19FO2/c1-12-9-15(11-16(18)10-12)17(19)14-5-3-13(4-6-14)7-8-20-2/h3-6,9-11,17,19H,7-8H2,1-2H3. The monoisotopic (exact) mass is 274 g/mol. The summed E-state index contributed by atoms with van der Waals surface area (Å²) < 4.78 is 18.4. The minimum absolute atomic E-state index is 0.323. The molecule has 1 unspecified atom stereocenters. The van der Waals surface area contributed by atoms with Crippen LogP contribution in [0, 0.1) is 12.7 Å². The number of hydrogen-bond acceptors (Lipinski definition) is 2. The zero-order valence-corrected chi connectivity index (χ0v) is 11.8. The summed E-state index contributed by atoms with van der Waals surface area (Å²) in [6.07, 6.45) is 0.0345. The van der Waals surface area contributed by atoms with Crippen LogP contribution in [0.25, 0.3) is 0 Å². The second-order valence-corrected chi connectivity index (χ2v) is 4.95. The zero-order valence-electron chi connectivity index (χ0n) is 11.8. The van der Waals surface area contributed by atoms with Crippen LogP contribution in [-0.4, -0.2) is 18.8 Å². The number of rotatable bonds is 5. The first-order valence-electron chi connectivity index (χ1n) is 6.63. The molecular weight excluding hydrogens is 255 g/mol. The lowest BCUT2D eigenvalue weighted by molar-refractivity contribution is 0.202. The Morgan fingerprint density at radius 3 is 2.40 bits per heavy atom. The van der Waals surface area contributed by atoms with Crippen molar-refractivity contribution in [3.63, 3.8) is 0 Å². The van der Waals surface area contributed by atoms with Gasteiger partial charge in [0.05, 0.1) is 6.61 Å². The van der Waals surface area contributed by atoms with Crippen molar-refractivity contribution < 1.29 is 14.2 Å². The van der Waals surface area contributed by atoms with Crippen LogP contribution in [-0.2, 0) is 11.2 Å². The molecule has 0 spiro atoms. The molecule has 3 heteroatoms. The van der Waals surface area contributed by atoms with Crippen LogP contribution < -0.4 is 0 Å². The fourth-order valence-corrected chi connectivity index (χ4v) is 2.20. The van der Waals surface area contributed by atoms with E-state index in [0.29, 0.717) is 12.2 Å². The minimum Gasteiger partial charge on any atom is -0.384 e. The number of halogens is 1. The fourth-order valence-electron chi connectivity index (χ4n) is 2.20. The molecule has 20 heavy (non-hydrogen) atoms. The van der Waals surface area contributed by atoms with E-state index in [-0.39, 0.29) is 5.82 Å². The average Bonchev–Trinajstić information content (AvgIpc) is 2.44. The molecule has 0 saturated heterocycles. The van der Waals surface area contributed by atoms with E-state index in [4.69, 9.17) is 4.74 Å². The highest BCUT2D eigenvalue weighted by atomic mass is 19.1. The Hall–Kier alpha value is -1.71. The SMILES string of the molecule is COCCc1ccc(C(O)c2cc(C)cc(F)c2)cc1. The van der Waals surface area contributed by atoms with E-state index in [9.17, 15) is 9.50 Å². The largest absolute Gasteiger partial charge is 0.384 e. The van der Waals surface area contributed by atoms with Crippen LogP contribution in [0.2, 0.25) is 0 Å². The van der Waals surface area contributed by atoms with Gasteiger partial charge in [0, 0.05) is 7.11 Å². The molecule has 0 aliphatic heterocycles. The summed E-state index contributed by atoms with van der Waals surface area (Å²) in [6, 6.07) is 12.3. The van der Waals surface area contributed by atoms with Gasteiger partial charge in [0.1, 0.15) is 11.9 Å². The van der Waals surface area contributed by atoms with Gasteiger partial charge >= 0.3 is 0 Å². The highest BCUT2D eigenvalue weighted by molar-refractivity contribution is 5.34. The van der Waals surface area contributed by atoms with E-state index in [2.05, 4.69) is 0 Å². The quantitative estimate of drug-likeness (QED) is 0.905. The van der Waals surface area contributed by atoms with E-state index in [0.717, 1.165) is 23.1 Å². The molecular formula is C17H19FO2. The summed E-state index contributed by atoms with van der Waals surface area (Å²) >= 11 is 0. The Labute approximate surface area is 118 Å². The Morgan fingerprint density at radius 2 is 1.80 bits per heavy atom. The van der Waals surface area contributed by atoms with Gasteiger partial charge in [-0.25, -0.2) is 4.39 Å². The number of ether oxygens (including phenoxy) is 1. The maximum atomic E-state index is 13.4. The smallest absolute Gasteiger partial charge is 0.123 e. The molecule has 0 bridgehead atoms. The molecule has 2 aromatic rings. The van der Waals surface area contributed by atoms with Crippen LogP contribution in [0.1, 0.15) is 28.4 Å². The summed E-state index contributed by atoms with van der Waals surface area (Å²) in [5.74, 6) is -0.323. The van der Waals surface area contributed by atoms with Gasteiger partial charge in [-0.2, -0.15) is 0 Å². The van der Waals surface area contributed by atoms with Crippen LogP contribution in [0.5, 0.6) is 0 Å². The van der Waals surface area contributed by atoms with Crippen LogP contribution in [0.4, 0.5) is 4.39 Å². The van der Waals surface area contributed by atoms with Gasteiger partial charge in [0.25, 0.3) is 0 Å². The third-order valence-corrected chi connectivity index (χ3v) is 3.27. The summed E-state index contributed by atoms with van der Waals surface area (Å²) in [6.45, 7) is 2.48. The van der Waals surface area contributed by atoms with Gasteiger partial charge in [-0.3, -0.25) is 0 Å². The molecule has 2 nitrogen and oxygen atoms in total. The Balaban J connectivity index is 2.17. The van der Waals surface area contributed by atoms with Crippen LogP contribution >= 0.6 is 0 Å². The maximum Gasteiger partial charge on any atom is 0.123 e. The molecule has 0 fully saturated rings. The second kappa shape index (κ2) is 6.64. The average molecular weight is 274 g/mol. The normalized spacial score (nSPS) is 12.4. The first kappa shape index (κ1) is 14.7. The highest BCUT2D eigenvalue weighted by Crippen LogP contribution is 2.24. The molecule has 106 valence electrons. The molecule has 0 aliphatic carbocycles.